The molecule has 0 aliphatic rings. The maximum absolute atomic E-state index is 12.9. The van der Waals surface area contributed by atoms with Crippen molar-refractivity contribution in [2.45, 2.75) is 6.36 Å². The second-order valence-corrected chi connectivity index (χ2v) is 10.4. The van der Waals surface area contributed by atoms with E-state index in [1.807, 2.05) is 0 Å². The summed E-state index contributed by atoms with van der Waals surface area (Å²) in [5, 5.41) is 8.61. The number of para-hydroxylation sites is 1. The summed E-state index contributed by atoms with van der Waals surface area (Å²) < 4.78 is 55.2. The Morgan fingerprint density at radius 3 is 2.32 bits per heavy atom. The largest absolute Gasteiger partial charge is 0.573 e. The lowest BCUT2D eigenvalue weighted by molar-refractivity contribution is -0.274. The van der Waals surface area contributed by atoms with Crippen LogP contribution in [0, 0.1) is 0 Å². The highest BCUT2D eigenvalue weighted by molar-refractivity contribution is 7.70. The molecule has 0 aliphatic heterocycles. The Morgan fingerprint density at radius 1 is 1.06 bits per heavy atom. The van der Waals surface area contributed by atoms with Crippen molar-refractivity contribution in [2.24, 2.45) is 0 Å². The van der Waals surface area contributed by atoms with E-state index in [2.05, 4.69) is 42.2 Å². The Bertz CT molecular complexity index is 1260. The van der Waals surface area contributed by atoms with Gasteiger partial charge in [-0.25, -0.2) is 9.97 Å². The van der Waals surface area contributed by atoms with Gasteiger partial charge in [-0.05, 0) is 49.7 Å². The number of rotatable bonds is 8. The number of amides is 1. The SMILES string of the molecule is C=CC(=O)Nc1ccc(OC(F)(F)F)c(Nc2ncnc(Nc3ccccc3P(C)(C)=O)n2)c1. The molecule has 0 saturated heterocycles. The third-order valence-electron chi connectivity index (χ3n) is 4.21. The van der Waals surface area contributed by atoms with Crippen LogP contribution < -0.4 is 26.0 Å². The number of aromatic nitrogens is 3. The molecule has 0 atom stereocenters. The number of hydrogen-bond acceptors (Lipinski definition) is 8. The van der Waals surface area contributed by atoms with Crippen LogP contribution in [0.1, 0.15) is 0 Å². The zero-order chi connectivity index (χ0) is 24.9. The van der Waals surface area contributed by atoms with E-state index in [1.165, 1.54) is 12.1 Å². The van der Waals surface area contributed by atoms with Crippen molar-refractivity contribution in [3.05, 3.63) is 61.4 Å². The molecule has 0 fully saturated rings. The molecule has 178 valence electrons. The topological polar surface area (TPSA) is 118 Å². The number of hydrogen-bond donors (Lipinski definition) is 3. The van der Waals surface area contributed by atoms with Gasteiger partial charge in [0.1, 0.15) is 13.5 Å². The first kappa shape index (κ1) is 24.7. The first-order valence-corrected chi connectivity index (χ1v) is 12.3. The molecule has 3 N–H and O–H groups in total. The van der Waals surface area contributed by atoms with Gasteiger partial charge in [-0.2, -0.15) is 4.98 Å². The summed E-state index contributed by atoms with van der Waals surface area (Å²) in [7, 11) is -2.62. The molecule has 0 bridgehead atoms. The minimum atomic E-state index is -4.95. The Hall–Kier alpha value is -3.92. The van der Waals surface area contributed by atoms with Crippen molar-refractivity contribution in [1.82, 2.24) is 15.0 Å². The Balaban J connectivity index is 1.92. The minimum Gasteiger partial charge on any atom is -0.404 e. The maximum Gasteiger partial charge on any atom is 0.573 e. The van der Waals surface area contributed by atoms with E-state index in [9.17, 15) is 22.5 Å². The Morgan fingerprint density at radius 2 is 1.71 bits per heavy atom. The van der Waals surface area contributed by atoms with Crippen molar-refractivity contribution in [3.63, 3.8) is 0 Å². The fourth-order valence-electron chi connectivity index (χ4n) is 2.82. The number of benzene rings is 2. The van der Waals surface area contributed by atoms with E-state index in [-0.39, 0.29) is 23.3 Å². The number of halogens is 3. The molecule has 1 amide bonds. The fourth-order valence-corrected chi connectivity index (χ4v) is 3.97. The molecule has 1 heterocycles. The number of nitrogens with one attached hydrogen (secondary N) is 3. The molecule has 0 saturated carbocycles. The van der Waals surface area contributed by atoms with Crippen LogP contribution in [0.2, 0.25) is 0 Å². The lowest BCUT2D eigenvalue weighted by Crippen LogP contribution is -2.18. The van der Waals surface area contributed by atoms with Gasteiger partial charge in [-0.15, -0.1) is 13.2 Å². The van der Waals surface area contributed by atoms with Crippen LogP contribution in [-0.4, -0.2) is 40.6 Å². The lowest BCUT2D eigenvalue weighted by Gasteiger charge is -2.16. The van der Waals surface area contributed by atoms with Gasteiger partial charge in [0.2, 0.25) is 17.8 Å². The van der Waals surface area contributed by atoms with Crippen molar-refractivity contribution >= 4 is 47.3 Å². The summed E-state index contributed by atoms with van der Waals surface area (Å²) in [6.45, 7) is 6.56. The van der Waals surface area contributed by atoms with Gasteiger partial charge >= 0.3 is 6.36 Å². The standard InChI is InChI=1S/C21H20F3N6O3P/c1-4-18(31)27-13-9-10-16(33-21(22,23)24)15(11-13)29-20-26-12-25-19(30-20)28-14-7-5-6-8-17(14)34(2,3)32/h4-12H,1H2,2-3H3,(H,27,31)(H2,25,26,28,29,30). The van der Waals surface area contributed by atoms with Gasteiger partial charge in [-0.1, -0.05) is 18.7 Å². The summed E-state index contributed by atoms with van der Waals surface area (Å²) in [5.41, 5.74) is 0.538. The van der Waals surface area contributed by atoms with Gasteiger partial charge in [0.15, 0.2) is 5.75 Å². The molecule has 0 unspecified atom stereocenters. The first-order valence-electron chi connectivity index (χ1n) is 9.65. The molecule has 3 aromatic rings. The zero-order valence-corrected chi connectivity index (χ0v) is 18.9. The van der Waals surface area contributed by atoms with Crippen molar-refractivity contribution in [3.8, 4) is 5.75 Å². The van der Waals surface area contributed by atoms with E-state index in [1.54, 1.807) is 37.6 Å². The van der Waals surface area contributed by atoms with Crippen LogP contribution in [-0.2, 0) is 9.36 Å². The van der Waals surface area contributed by atoms with Crippen molar-refractivity contribution in [1.29, 1.82) is 0 Å². The molecule has 0 radical (unpaired) electrons. The Labute approximate surface area is 192 Å². The normalized spacial score (nSPS) is 11.4. The Kier molecular flexibility index (Phi) is 7.21. The minimum absolute atomic E-state index is 0.0628. The third-order valence-corrected chi connectivity index (χ3v) is 5.76. The van der Waals surface area contributed by atoms with Crippen LogP contribution in [0.3, 0.4) is 0 Å². The lowest BCUT2D eigenvalue weighted by atomic mass is 10.2. The zero-order valence-electron chi connectivity index (χ0n) is 18.1. The molecule has 3 rings (SSSR count). The summed E-state index contributed by atoms with van der Waals surface area (Å²) in [6.07, 6.45) is -2.79. The van der Waals surface area contributed by atoms with Gasteiger partial charge in [0.25, 0.3) is 0 Å². The van der Waals surface area contributed by atoms with E-state index in [0.29, 0.717) is 11.0 Å². The number of alkyl halides is 3. The van der Waals surface area contributed by atoms with Gasteiger partial charge in [0, 0.05) is 11.0 Å². The monoisotopic (exact) mass is 492 g/mol. The molecule has 9 nitrogen and oxygen atoms in total. The molecule has 13 heteroatoms. The van der Waals surface area contributed by atoms with E-state index >= 15 is 0 Å². The number of anilines is 5. The summed E-state index contributed by atoms with van der Waals surface area (Å²) in [5.74, 6) is -1.16. The van der Waals surface area contributed by atoms with Crippen molar-refractivity contribution < 1.29 is 27.3 Å². The average Bonchev–Trinajstić information content (AvgIpc) is 2.74. The molecule has 1 aromatic heterocycles. The number of carbonyl (C=O) groups is 1. The average molecular weight is 492 g/mol. The van der Waals surface area contributed by atoms with E-state index < -0.39 is 25.2 Å². The van der Waals surface area contributed by atoms with E-state index in [0.717, 1.165) is 18.5 Å². The van der Waals surface area contributed by atoms with Crippen LogP contribution in [0.25, 0.3) is 0 Å². The van der Waals surface area contributed by atoms with Crippen LogP contribution >= 0.6 is 7.14 Å². The fraction of sp³-hybridized carbons (Fsp3) is 0.143. The molecular weight excluding hydrogens is 472 g/mol. The van der Waals surface area contributed by atoms with Crippen LogP contribution in [0.4, 0.5) is 42.1 Å². The predicted octanol–water partition coefficient (Wildman–Crippen LogP) is 4.63. The van der Waals surface area contributed by atoms with E-state index in [4.69, 9.17) is 0 Å². The summed E-state index contributed by atoms with van der Waals surface area (Å²) in [4.78, 5) is 23.6. The smallest absolute Gasteiger partial charge is 0.404 e. The highest BCUT2D eigenvalue weighted by atomic mass is 31.2. The maximum atomic E-state index is 12.9. The molecule has 0 aliphatic carbocycles. The summed E-state index contributed by atoms with van der Waals surface area (Å²) >= 11 is 0. The first-order chi connectivity index (χ1) is 15.9. The van der Waals surface area contributed by atoms with Crippen LogP contribution in [0.5, 0.6) is 5.75 Å². The second-order valence-electron chi connectivity index (χ2n) is 7.20. The highest BCUT2D eigenvalue weighted by Crippen LogP contribution is 2.38. The summed E-state index contributed by atoms with van der Waals surface area (Å²) in [6, 6.07) is 10.4. The van der Waals surface area contributed by atoms with Crippen molar-refractivity contribution in [2.75, 3.05) is 29.3 Å². The molecular formula is C21H20F3N6O3P. The predicted molar refractivity (Wildman–Crippen MR) is 124 cm³/mol. The highest BCUT2D eigenvalue weighted by Gasteiger charge is 2.32. The van der Waals surface area contributed by atoms with Crippen LogP contribution in [0.15, 0.2) is 61.4 Å². The molecule has 2 aromatic carbocycles. The molecule has 0 spiro atoms. The number of carbonyl (C=O) groups excluding carboxylic acids is 1. The van der Waals surface area contributed by atoms with Gasteiger partial charge in [-0.3, -0.25) is 4.79 Å². The molecule has 34 heavy (non-hydrogen) atoms. The van der Waals surface area contributed by atoms with Gasteiger partial charge < -0.3 is 25.3 Å². The third kappa shape index (κ3) is 6.79. The number of nitrogens with zero attached hydrogens (tertiary/aromatic N) is 3. The quantitative estimate of drug-likeness (QED) is 0.308. The number of ether oxygens (including phenoxy) is 1. The van der Waals surface area contributed by atoms with Gasteiger partial charge in [0.05, 0.1) is 11.4 Å². The second kappa shape index (κ2) is 9.92.